The van der Waals surface area contributed by atoms with Crippen LogP contribution in [0.1, 0.15) is 31.4 Å². The number of ether oxygens (including phenoxy) is 2. The number of alkyl halides is 5. The lowest BCUT2D eigenvalue weighted by Crippen LogP contribution is -2.08. The van der Waals surface area contributed by atoms with Crippen LogP contribution in [0.3, 0.4) is 0 Å². The van der Waals surface area contributed by atoms with Gasteiger partial charge in [-0.1, -0.05) is 32.4 Å². The first-order valence-electron chi connectivity index (χ1n) is 8.12. The van der Waals surface area contributed by atoms with Gasteiger partial charge in [-0.2, -0.15) is 22.0 Å². The Balaban J connectivity index is 2.29. The SMILES string of the molecule is CC[C@H](C)Cc1cccc(Oc2ccc(C(F)(F)F)cc2OC(F)F)c1. The predicted octanol–water partition coefficient (Wildman–Crippen LogP) is 6.69. The van der Waals surface area contributed by atoms with Crippen molar-refractivity contribution in [3.05, 3.63) is 53.6 Å². The molecule has 0 aliphatic heterocycles. The zero-order valence-corrected chi connectivity index (χ0v) is 14.3. The van der Waals surface area contributed by atoms with Crippen LogP contribution in [0.4, 0.5) is 22.0 Å². The van der Waals surface area contributed by atoms with Crippen LogP contribution >= 0.6 is 0 Å². The molecule has 142 valence electrons. The molecular weight excluding hydrogens is 355 g/mol. The van der Waals surface area contributed by atoms with Crippen LogP contribution in [0.5, 0.6) is 17.2 Å². The van der Waals surface area contributed by atoms with Gasteiger partial charge in [-0.05, 0) is 48.2 Å². The summed E-state index contributed by atoms with van der Waals surface area (Å²) < 4.78 is 73.2. The fourth-order valence-corrected chi connectivity index (χ4v) is 2.37. The van der Waals surface area contributed by atoms with Crippen molar-refractivity contribution in [2.75, 3.05) is 0 Å². The topological polar surface area (TPSA) is 18.5 Å². The van der Waals surface area contributed by atoms with Gasteiger partial charge in [0, 0.05) is 0 Å². The maximum absolute atomic E-state index is 12.8. The quantitative estimate of drug-likeness (QED) is 0.503. The zero-order valence-electron chi connectivity index (χ0n) is 14.3. The standard InChI is InChI=1S/C19H19F5O2/c1-3-12(2)9-13-5-4-6-15(10-13)25-16-8-7-14(19(22,23)24)11-17(16)26-18(20)21/h4-8,10-12,18H,3,9H2,1-2H3/t12-/m0/s1. The van der Waals surface area contributed by atoms with E-state index in [0.717, 1.165) is 30.5 Å². The average molecular weight is 374 g/mol. The maximum atomic E-state index is 12.8. The molecule has 2 nitrogen and oxygen atoms in total. The van der Waals surface area contributed by atoms with E-state index in [1.54, 1.807) is 18.2 Å². The van der Waals surface area contributed by atoms with Crippen LogP contribution in [0, 0.1) is 5.92 Å². The molecule has 2 rings (SSSR count). The molecule has 0 saturated carbocycles. The van der Waals surface area contributed by atoms with Crippen molar-refractivity contribution in [1.82, 2.24) is 0 Å². The van der Waals surface area contributed by atoms with Crippen LogP contribution in [-0.2, 0) is 12.6 Å². The first-order chi connectivity index (χ1) is 12.2. The van der Waals surface area contributed by atoms with Gasteiger partial charge < -0.3 is 9.47 Å². The molecule has 0 aliphatic carbocycles. The monoisotopic (exact) mass is 374 g/mol. The summed E-state index contributed by atoms with van der Waals surface area (Å²) in [5.74, 6) is -0.0835. The first-order valence-corrected chi connectivity index (χ1v) is 8.12. The number of hydrogen-bond acceptors (Lipinski definition) is 2. The summed E-state index contributed by atoms with van der Waals surface area (Å²) in [6.45, 7) is 0.900. The smallest absolute Gasteiger partial charge is 0.416 e. The van der Waals surface area contributed by atoms with Gasteiger partial charge in [0.25, 0.3) is 0 Å². The minimum absolute atomic E-state index is 0.209. The van der Waals surface area contributed by atoms with Crippen LogP contribution in [0.2, 0.25) is 0 Å². The van der Waals surface area contributed by atoms with Crippen LogP contribution in [0.15, 0.2) is 42.5 Å². The number of halogens is 5. The van der Waals surface area contributed by atoms with E-state index >= 15 is 0 Å². The van der Waals surface area contributed by atoms with E-state index in [1.165, 1.54) is 0 Å². The minimum atomic E-state index is -4.67. The van der Waals surface area contributed by atoms with Crippen molar-refractivity contribution >= 4 is 0 Å². The molecule has 0 aromatic heterocycles. The molecule has 1 atom stereocenters. The fraction of sp³-hybridized carbons (Fsp3) is 0.368. The third-order valence-electron chi connectivity index (χ3n) is 3.89. The molecule has 0 heterocycles. The molecule has 26 heavy (non-hydrogen) atoms. The lowest BCUT2D eigenvalue weighted by molar-refractivity contribution is -0.138. The summed E-state index contributed by atoms with van der Waals surface area (Å²) in [5.41, 5.74) is -0.105. The van der Waals surface area contributed by atoms with E-state index in [0.29, 0.717) is 17.7 Å². The highest BCUT2D eigenvalue weighted by Crippen LogP contribution is 2.39. The Labute approximate surface area is 148 Å². The molecule has 2 aromatic rings. The number of hydrogen-bond donors (Lipinski definition) is 0. The molecule has 7 heteroatoms. The van der Waals surface area contributed by atoms with Gasteiger partial charge >= 0.3 is 12.8 Å². The highest BCUT2D eigenvalue weighted by molar-refractivity contribution is 5.46. The Morgan fingerprint density at radius 2 is 1.73 bits per heavy atom. The highest BCUT2D eigenvalue weighted by Gasteiger charge is 2.32. The van der Waals surface area contributed by atoms with E-state index in [1.807, 2.05) is 6.07 Å². The average Bonchev–Trinajstić information content (AvgIpc) is 2.55. The normalized spacial score (nSPS) is 12.9. The second kappa shape index (κ2) is 8.38. The third kappa shape index (κ3) is 5.61. The Bertz CT molecular complexity index is 728. The third-order valence-corrected chi connectivity index (χ3v) is 3.89. The van der Waals surface area contributed by atoms with Crippen LogP contribution in [0.25, 0.3) is 0 Å². The zero-order chi connectivity index (χ0) is 19.3. The van der Waals surface area contributed by atoms with Crippen molar-refractivity contribution in [2.24, 2.45) is 5.92 Å². The second-order valence-electron chi connectivity index (χ2n) is 6.00. The molecule has 0 N–H and O–H groups in total. The van der Waals surface area contributed by atoms with Gasteiger partial charge in [0.05, 0.1) is 5.56 Å². The summed E-state index contributed by atoms with van der Waals surface area (Å²) in [7, 11) is 0. The molecular formula is C19H19F5O2. The van der Waals surface area contributed by atoms with Crippen LogP contribution in [-0.4, -0.2) is 6.61 Å². The summed E-state index contributed by atoms with van der Waals surface area (Å²) in [5, 5.41) is 0. The molecule has 0 saturated heterocycles. The Kier molecular flexibility index (Phi) is 6.45. The van der Waals surface area contributed by atoms with E-state index in [-0.39, 0.29) is 5.75 Å². The molecule has 0 amide bonds. The molecule has 0 bridgehead atoms. The Morgan fingerprint density at radius 3 is 2.35 bits per heavy atom. The Morgan fingerprint density at radius 1 is 1.00 bits per heavy atom. The lowest BCUT2D eigenvalue weighted by atomic mass is 9.99. The van der Waals surface area contributed by atoms with Crippen molar-refractivity contribution in [3.8, 4) is 17.2 Å². The van der Waals surface area contributed by atoms with Gasteiger partial charge in [0.2, 0.25) is 0 Å². The predicted molar refractivity (Wildman–Crippen MR) is 87.8 cm³/mol. The maximum Gasteiger partial charge on any atom is 0.416 e. The van der Waals surface area contributed by atoms with Gasteiger partial charge in [-0.25, -0.2) is 0 Å². The Hall–Kier alpha value is -2.31. The molecule has 0 unspecified atom stereocenters. The summed E-state index contributed by atoms with van der Waals surface area (Å²) >= 11 is 0. The largest absolute Gasteiger partial charge is 0.453 e. The molecule has 0 aliphatic rings. The van der Waals surface area contributed by atoms with Gasteiger partial charge in [0.1, 0.15) is 5.75 Å². The van der Waals surface area contributed by atoms with Crippen molar-refractivity contribution < 1.29 is 31.4 Å². The molecule has 2 aromatic carbocycles. The highest BCUT2D eigenvalue weighted by atomic mass is 19.4. The molecule has 0 radical (unpaired) electrons. The van der Waals surface area contributed by atoms with E-state index in [9.17, 15) is 22.0 Å². The van der Waals surface area contributed by atoms with Crippen molar-refractivity contribution in [1.29, 1.82) is 0 Å². The summed E-state index contributed by atoms with van der Waals surface area (Å²) in [6.07, 6.45) is -2.87. The fourth-order valence-electron chi connectivity index (χ4n) is 2.37. The minimum Gasteiger partial charge on any atom is -0.453 e. The van der Waals surface area contributed by atoms with Crippen molar-refractivity contribution in [2.45, 2.75) is 39.5 Å². The summed E-state index contributed by atoms with van der Waals surface area (Å²) in [6, 6.07) is 9.22. The van der Waals surface area contributed by atoms with E-state index < -0.39 is 24.1 Å². The van der Waals surface area contributed by atoms with Gasteiger partial charge in [-0.15, -0.1) is 0 Å². The number of rotatable bonds is 7. The molecule has 0 spiro atoms. The van der Waals surface area contributed by atoms with Gasteiger partial charge in [-0.3, -0.25) is 0 Å². The van der Waals surface area contributed by atoms with Crippen molar-refractivity contribution in [3.63, 3.8) is 0 Å². The second-order valence-corrected chi connectivity index (χ2v) is 6.00. The van der Waals surface area contributed by atoms with Crippen LogP contribution < -0.4 is 9.47 Å². The van der Waals surface area contributed by atoms with Gasteiger partial charge in [0.15, 0.2) is 11.5 Å². The van der Waals surface area contributed by atoms with E-state index in [2.05, 4.69) is 18.6 Å². The summed E-state index contributed by atoms with van der Waals surface area (Å²) in [4.78, 5) is 0. The number of benzene rings is 2. The van der Waals surface area contributed by atoms with E-state index in [4.69, 9.17) is 4.74 Å². The molecule has 0 fully saturated rings. The first kappa shape index (κ1) is 20.0. The lowest BCUT2D eigenvalue weighted by Gasteiger charge is -2.15.